The lowest BCUT2D eigenvalue weighted by Gasteiger charge is -1.65. The van der Waals surface area contributed by atoms with Crippen LogP contribution in [0.2, 0.25) is 0 Å². The Bertz CT molecular complexity index is 112. The van der Waals surface area contributed by atoms with Gasteiger partial charge in [-0.25, -0.2) is 0 Å². The number of anilines is 1. The highest BCUT2D eigenvalue weighted by atomic mass is 16.3. The first kappa shape index (κ1) is 3.21. The average molecular weight is 84.1 g/mol. The topological polar surface area (TPSA) is 52.0 Å². The van der Waals surface area contributed by atoms with Crippen LogP contribution < -0.4 is 5.73 Å². The van der Waals surface area contributed by atoms with Crippen molar-refractivity contribution >= 4 is 5.82 Å². The van der Waals surface area contributed by atoms with Crippen molar-refractivity contribution in [2.45, 2.75) is 0 Å². The largest absolute Gasteiger partial charge is 0.449 e. The van der Waals surface area contributed by atoms with Crippen LogP contribution in [0.3, 0.4) is 0 Å². The van der Waals surface area contributed by atoms with E-state index in [1.807, 2.05) is 0 Å². The predicted molar refractivity (Wildman–Crippen MR) is 20.9 cm³/mol. The molecule has 0 atom stereocenters. The number of nitrogens with zero attached hydrogens (tertiary/aromatic N) is 1. The Kier molecular flexibility index (Phi) is 0.538. The monoisotopic (exact) mass is 84.0 g/mol. The molecule has 1 rings (SSSR count). The quantitative estimate of drug-likeness (QED) is 0.490. The van der Waals surface area contributed by atoms with Crippen molar-refractivity contribution in [1.29, 1.82) is 0 Å². The van der Waals surface area contributed by atoms with Gasteiger partial charge in [0.15, 0.2) is 12.2 Å². The summed E-state index contributed by atoms with van der Waals surface area (Å²) >= 11 is 0. The summed E-state index contributed by atoms with van der Waals surface area (Å²) in [5, 5.41) is 0. The molecule has 0 aromatic carbocycles. The summed E-state index contributed by atoms with van der Waals surface area (Å²) in [6.07, 6.45) is 2.66. The van der Waals surface area contributed by atoms with E-state index in [4.69, 9.17) is 5.73 Å². The molecular weight excluding hydrogens is 80.0 g/mol. The minimum absolute atomic E-state index is 0.426. The highest BCUT2D eigenvalue weighted by Crippen LogP contribution is 1.90. The zero-order valence-electron chi connectivity index (χ0n) is 3.09. The summed E-state index contributed by atoms with van der Waals surface area (Å²) in [7, 11) is 0. The number of oxazole rings is 1. The van der Waals surface area contributed by atoms with Gasteiger partial charge in [-0.1, -0.05) is 0 Å². The van der Waals surface area contributed by atoms with Crippen molar-refractivity contribution in [3.05, 3.63) is 12.7 Å². The molecule has 2 N–H and O–H groups in total. The Morgan fingerprint density at radius 3 is 2.83 bits per heavy atom. The molecule has 1 aromatic heterocycles. The molecule has 0 aliphatic rings. The third-order valence-electron chi connectivity index (χ3n) is 0.451. The van der Waals surface area contributed by atoms with Gasteiger partial charge in [0.25, 0.3) is 0 Å². The van der Waals surface area contributed by atoms with Gasteiger partial charge in [-0.2, -0.15) is 4.98 Å². The van der Waals surface area contributed by atoms with Gasteiger partial charge in [-0.05, 0) is 0 Å². The highest BCUT2D eigenvalue weighted by Gasteiger charge is 1.77. The van der Waals surface area contributed by atoms with E-state index in [2.05, 4.69) is 9.40 Å². The summed E-state index contributed by atoms with van der Waals surface area (Å²) in [5.74, 6) is 0.426. The van der Waals surface area contributed by atoms with Crippen LogP contribution in [0.1, 0.15) is 0 Å². The SMILES string of the molecule is Nc1cocn1. The van der Waals surface area contributed by atoms with Gasteiger partial charge < -0.3 is 10.2 Å². The number of nitrogens with two attached hydrogens (primary N) is 1. The second-order valence-corrected chi connectivity index (χ2v) is 0.913. The van der Waals surface area contributed by atoms with E-state index >= 15 is 0 Å². The van der Waals surface area contributed by atoms with Gasteiger partial charge in [0.05, 0.1) is 0 Å². The van der Waals surface area contributed by atoms with Crippen molar-refractivity contribution in [2.75, 3.05) is 5.73 Å². The van der Waals surface area contributed by atoms with E-state index in [0.717, 1.165) is 0 Å². The Morgan fingerprint density at radius 2 is 2.67 bits per heavy atom. The molecule has 0 saturated carbocycles. The molecule has 6 heavy (non-hydrogen) atoms. The smallest absolute Gasteiger partial charge is 0.182 e. The van der Waals surface area contributed by atoms with Gasteiger partial charge in [0.1, 0.15) is 6.26 Å². The van der Waals surface area contributed by atoms with E-state index in [0.29, 0.717) is 5.82 Å². The number of hydrogen-bond acceptors (Lipinski definition) is 3. The molecule has 0 aliphatic carbocycles. The number of rotatable bonds is 0. The van der Waals surface area contributed by atoms with Crippen LogP contribution >= 0.6 is 0 Å². The van der Waals surface area contributed by atoms with Crippen LogP contribution in [0.4, 0.5) is 5.82 Å². The zero-order chi connectivity index (χ0) is 4.41. The lowest BCUT2D eigenvalue weighted by molar-refractivity contribution is 0.558. The molecule has 0 radical (unpaired) electrons. The first-order chi connectivity index (χ1) is 2.89. The molecule has 0 aliphatic heterocycles. The third kappa shape index (κ3) is 0.337. The van der Waals surface area contributed by atoms with Crippen LogP contribution in [0.25, 0.3) is 0 Å². The molecule has 0 amide bonds. The average Bonchev–Trinajstić information content (AvgIpc) is 1.86. The molecule has 0 fully saturated rings. The molecule has 32 valence electrons. The number of nitrogen functional groups attached to an aromatic ring is 1. The van der Waals surface area contributed by atoms with Crippen LogP contribution in [-0.2, 0) is 0 Å². The Morgan fingerprint density at radius 1 is 1.83 bits per heavy atom. The predicted octanol–water partition coefficient (Wildman–Crippen LogP) is 0.257. The van der Waals surface area contributed by atoms with Gasteiger partial charge >= 0.3 is 0 Å². The normalized spacial score (nSPS) is 8.67. The van der Waals surface area contributed by atoms with E-state index in [1.165, 1.54) is 12.7 Å². The van der Waals surface area contributed by atoms with Crippen LogP contribution in [-0.4, -0.2) is 4.98 Å². The molecule has 1 aromatic rings. The number of hydrogen-bond donors (Lipinski definition) is 1. The summed E-state index contributed by atoms with van der Waals surface area (Å²) in [5.41, 5.74) is 5.07. The van der Waals surface area contributed by atoms with Crippen molar-refractivity contribution in [2.24, 2.45) is 0 Å². The molecule has 3 nitrogen and oxygen atoms in total. The first-order valence-electron chi connectivity index (χ1n) is 1.53. The summed E-state index contributed by atoms with van der Waals surface area (Å²) < 4.78 is 4.48. The van der Waals surface area contributed by atoms with Gasteiger partial charge in [0, 0.05) is 0 Å². The minimum atomic E-state index is 0.426. The molecule has 0 spiro atoms. The van der Waals surface area contributed by atoms with Crippen LogP contribution in [0.5, 0.6) is 0 Å². The molecule has 0 bridgehead atoms. The Balaban J connectivity index is 3.05. The Hall–Kier alpha value is -0.990. The second kappa shape index (κ2) is 1.01. The highest BCUT2D eigenvalue weighted by molar-refractivity contribution is 5.18. The molecule has 0 saturated heterocycles. The van der Waals surface area contributed by atoms with E-state index in [-0.39, 0.29) is 0 Å². The fourth-order valence-electron chi connectivity index (χ4n) is 0.222. The lowest BCUT2D eigenvalue weighted by Crippen LogP contribution is -1.79. The third-order valence-corrected chi connectivity index (χ3v) is 0.451. The maximum absolute atomic E-state index is 5.07. The van der Waals surface area contributed by atoms with Crippen molar-refractivity contribution < 1.29 is 4.42 Å². The maximum Gasteiger partial charge on any atom is 0.182 e. The second-order valence-electron chi connectivity index (χ2n) is 0.913. The van der Waals surface area contributed by atoms with Crippen LogP contribution in [0, 0.1) is 0 Å². The fraction of sp³-hybridized carbons (Fsp3) is 0. The molecule has 0 unspecified atom stereocenters. The van der Waals surface area contributed by atoms with Crippen LogP contribution in [0.15, 0.2) is 17.1 Å². The van der Waals surface area contributed by atoms with Gasteiger partial charge in [-0.15, -0.1) is 0 Å². The number of aromatic nitrogens is 1. The van der Waals surface area contributed by atoms with Gasteiger partial charge in [0.2, 0.25) is 0 Å². The summed E-state index contributed by atoms with van der Waals surface area (Å²) in [4.78, 5) is 3.53. The van der Waals surface area contributed by atoms with E-state index < -0.39 is 0 Å². The lowest BCUT2D eigenvalue weighted by atomic mass is 10.8. The standard InChI is InChI=1S/C3H4N2O/c4-3-1-6-2-5-3/h1-2H,4H2. The van der Waals surface area contributed by atoms with E-state index in [9.17, 15) is 0 Å². The zero-order valence-corrected chi connectivity index (χ0v) is 3.09. The summed E-state index contributed by atoms with van der Waals surface area (Å²) in [6.45, 7) is 0. The van der Waals surface area contributed by atoms with Crippen molar-refractivity contribution in [1.82, 2.24) is 4.98 Å². The van der Waals surface area contributed by atoms with Crippen molar-refractivity contribution in [3.63, 3.8) is 0 Å². The maximum atomic E-state index is 5.07. The molecule has 3 heteroatoms. The van der Waals surface area contributed by atoms with Crippen molar-refractivity contribution in [3.8, 4) is 0 Å². The minimum Gasteiger partial charge on any atom is -0.449 e. The van der Waals surface area contributed by atoms with E-state index in [1.54, 1.807) is 0 Å². The first-order valence-corrected chi connectivity index (χ1v) is 1.53. The Labute approximate surface area is 34.8 Å². The molecule has 1 heterocycles. The van der Waals surface area contributed by atoms with Gasteiger partial charge in [-0.3, -0.25) is 0 Å². The fourth-order valence-corrected chi connectivity index (χ4v) is 0.222. The summed E-state index contributed by atoms with van der Waals surface area (Å²) in [6, 6.07) is 0. The molecular formula is C3H4N2O.